The molecule has 0 saturated carbocycles. The molecule has 4 amide bonds. The molecular formula is C16H19F3N4O3S. The van der Waals surface area contributed by atoms with Crippen molar-refractivity contribution in [2.45, 2.75) is 6.18 Å². The van der Waals surface area contributed by atoms with Crippen LogP contribution < -0.4 is 16.0 Å². The number of hydrogen-bond donors (Lipinski definition) is 3. The number of amides is 4. The Bertz CT molecular complexity index is 727. The van der Waals surface area contributed by atoms with Gasteiger partial charge in [0.15, 0.2) is 0 Å². The lowest BCUT2D eigenvalue weighted by atomic mass is 10.1. The SMILES string of the molecule is CSCC(=O)Nc1cc(C(=O)NCCN2CCNC2=O)cc(C(F)(F)F)c1. The summed E-state index contributed by atoms with van der Waals surface area (Å²) in [6.45, 7) is 1.36. The van der Waals surface area contributed by atoms with Crippen molar-refractivity contribution < 1.29 is 27.6 Å². The summed E-state index contributed by atoms with van der Waals surface area (Å²) in [5.74, 6) is -1.11. The van der Waals surface area contributed by atoms with Gasteiger partial charge in [0.05, 0.1) is 11.3 Å². The van der Waals surface area contributed by atoms with E-state index in [9.17, 15) is 27.6 Å². The summed E-state index contributed by atoms with van der Waals surface area (Å²) in [7, 11) is 0. The maximum Gasteiger partial charge on any atom is 0.416 e. The van der Waals surface area contributed by atoms with E-state index in [1.165, 1.54) is 22.7 Å². The van der Waals surface area contributed by atoms with Crippen molar-refractivity contribution >= 4 is 35.3 Å². The number of anilines is 1. The molecule has 0 bridgehead atoms. The van der Waals surface area contributed by atoms with Crippen molar-refractivity contribution in [3.05, 3.63) is 29.3 Å². The number of carbonyl (C=O) groups excluding carboxylic acids is 3. The topological polar surface area (TPSA) is 90.5 Å². The van der Waals surface area contributed by atoms with Gasteiger partial charge in [0.1, 0.15) is 0 Å². The van der Waals surface area contributed by atoms with Gasteiger partial charge in [-0.05, 0) is 24.5 Å². The van der Waals surface area contributed by atoms with Crippen molar-refractivity contribution in [3.63, 3.8) is 0 Å². The number of urea groups is 1. The largest absolute Gasteiger partial charge is 0.416 e. The van der Waals surface area contributed by atoms with E-state index in [0.29, 0.717) is 13.1 Å². The Morgan fingerprint density at radius 3 is 2.63 bits per heavy atom. The summed E-state index contributed by atoms with van der Waals surface area (Å²) in [5, 5.41) is 7.45. The van der Waals surface area contributed by atoms with Gasteiger partial charge in [-0.15, -0.1) is 0 Å². The van der Waals surface area contributed by atoms with Crippen molar-refractivity contribution in [2.75, 3.05) is 43.5 Å². The predicted molar refractivity (Wildman–Crippen MR) is 95.8 cm³/mol. The summed E-state index contributed by atoms with van der Waals surface area (Å²) < 4.78 is 39.3. The fraction of sp³-hybridized carbons (Fsp3) is 0.438. The van der Waals surface area contributed by atoms with Crippen LogP contribution in [0.4, 0.5) is 23.7 Å². The molecule has 1 aliphatic rings. The number of hydrogen-bond acceptors (Lipinski definition) is 4. The first-order valence-corrected chi connectivity index (χ1v) is 9.42. The Kier molecular flexibility index (Phi) is 6.94. The normalized spacial score (nSPS) is 14.1. The highest BCUT2D eigenvalue weighted by Gasteiger charge is 2.32. The minimum absolute atomic E-state index is 0.0790. The van der Waals surface area contributed by atoms with E-state index in [0.717, 1.165) is 12.1 Å². The van der Waals surface area contributed by atoms with Gasteiger partial charge in [-0.3, -0.25) is 9.59 Å². The van der Waals surface area contributed by atoms with Crippen LogP contribution in [0.1, 0.15) is 15.9 Å². The molecule has 0 unspecified atom stereocenters. The maximum atomic E-state index is 13.1. The lowest BCUT2D eigenvalue weighted by Crippen LogP contribution is -2.36. The molecule has 0 aromatic heterocycles. The Labute approximate surface area is 158 Å². The molecule has 1 fully saturated rings. The smallest absolute Gasteiger partial charge is 0.350 e. The lowest BCUT2D eigenvalue weighted by molar-refractivity contribution is -0.137. The fourth-order valence-corrected chi connectivity index (χ4v) is 2.79. The first-order valence-electron chi connectivity index (χ1n) is 8.03. The third kappa shape index (κ3) is 6.05. The van der Waals surface area contributed by atoms with Crippen LogP contribution in [0.25, 0.3) is 0 Å². The van der Waals surface area contributed by atoms with E-state index in [1.54, 1.807) is 6.26 Å². The van der Waals surface area contributed by atoms with Crippen LogP contribution in [0.2, 0.25) is 0 Å². The van der Waals surface area contributed by atoms with Gasteiger partial charge in [0, 0.05) is 37.4 Å². The second-order valence-electron chi connectivity index (χ2n) is 5.75. The zero-order valence-corrected chi connectivity index (χ0v) is 15.3. The number of nitrogens with zero attached hydrogens (tertiary/aromatic N) is 1. The van der Waals surface area contributed by atoms with Crippen molar-refractivity contribution in [3.8, 4) is 0 Å². The Morgan fingerprint density at radius 1 is 1.30 bits per heavy atom. The molecule has 1 saturated heterocycles. The standard InChI is InChI=1S/C16H19F3N4O3S/c1-27-9-13(24)22-12-7-10(6-11(8-12)16(17,18)19)14(25)20-2-4-23-5-3-21-15(23)26/h6-8H,2-5,9H2,1H3,(H,20,25)(H,21,26)(H,22,24). The Hall–Kier alpha value is -2.43. The third-order valence-electron chi connectivity index (χ3n) is 3.69. The first-order chi connectivity index (χ1) is 12.7. The van der Waals surface area contributed by atoms with Gasteiger partial charge in [0.2, 0.25) is 5.91 Å². The molecule has 0 radical (unpaired) electrons. The number of rotatable bonds is 7. The van der Waals surface area contributed by atoms with Crippen LogP contribution >= 0.6 is 11.8 Å². The van der Waals surface area contributed by atoms with Gasteiger partial charge < -0.3 is 20.9 Å². The molecule has 0 aliphatic carbocycles. The van der Waals surface area contributed by atoms with Gasteiger partial charge in [-0.25, -0.2) is 4.79 Å². The highest BCUT2D eigenvalue weighted by molar-refractivity contribution is 7.99. The molecule has 1 heterocycles. The number of halogens is 3. The lowest BCUT2D eigenvalue weighted by Gasteiger charge is -2.15. The molecule has 0 spiro atoms. The first kappa shape index (κ1) is 20.9. The molecule has 1 aromatic carbocycles. The molecule has 1 aliphatic heterocycles. The number of carbonyl (C=O) groups is 3. The predicted octanol–water partition coefficient (Wildman–Crippen LogP) is 1.76. The molecule has 2 rings (SSSR count). The molecule has 0 atom stereocenters. The molecule has 7 nitrogen and oxygen atoms in total. The quantitative estimate of drug-likeness (QED) is 0.646. The van der Waals surface area contributed by atoms with Gasteiger partial charge >= 0.3 is 12.2 Å². The number of alkyl halides is 3. The van der Waals surface area contributed by atoms with Gasteiger partial charge in [0.25, 0.3) is 5.91 Å². The molecule has 1 aromatic rings. The van der Waals surface area contributed by atoms with Crippen LogP contribution in [0.5, 0.6) is 0 Å². The van der Waals surface area contributed by atoms with E-state index in [-0.39, 0.29) is 36.1 Å². The fourth-order valence-electron chi connectivity index (χ4n) is 2.45. The van der Waals surface area contributed by atoms with Crippen molar-refractivity contribution in [2.24, 2.45) is 0 Å². The van der Waals surface area contributed by atoms with Crippen LogP contribution in [-0.4, -0.2) is 60.9 Å². The van der Waals surface area contributed by atoms with E-state index >= 15 is 0 Å². The zero-order valence-electron chi connectivity index (χ0n) is 14.5. The monoisotopic (exact) mass is 404 g/mol. The van der Waals surface area contributed by atoms with E-state index in [4.69, 9.17) is 0 Å². The Morgan fingerprint density at radius 2 is 2.04 bits per heavy atom. The van der Waals surface area contributed by atoms with Crippen LogP contribution in [0.15, 0.2) is 18.2 Å². The third-order valence-corrected chi connectivity index (χ3v) is 4.25. The van der Waals surface area contributed by atoms with E-state index < -0.39 is 23.6 Å². The van der Waals surface area contributed by atoms with Gasteiger partial charge in [-0.1, -0.05) is 0 Å². The number of nitrogens with one attached hydrogen (secondary N) is 3. The average molecular weight is 404 g/mol. The summed E-state index contributed by atoms with van der Waals surface area (Å²) in [6, 6.07) is 2.44. The highest BCUT2D eigenvalue weighted by atomic mass is 32.2. The molecule has 148 valence electrons. The maximum absolute atomic E-state index is 13.1. The molecule has 11 heteroatoms. The molecule has 3 N–H and O–H groups in total. The summed E-state index contributed by atoms with van der Waals surface area (Å²) >= 11 is 1.22. The summed E-state index contributed by atoms with van der Waals surface area (Å²) in [6.07, 6.45) is -2.98. The number of thioether (sulfide) groups is 1. The second-order valence-corrected chi connectivity index (χ2v) is 6.62. The summed E-state index contributed by atoms with van der Waals surface area (Å²) in [5.41, 5.74) is -1.36. The van der Waals surface area contributed by atoms with Crippen LogP contribution in [0.3, 0.4) is 0 Å². The van der Waals surface area contributed by atoms with Crippen molar-refractivity contribution in [1.82, 2.24) is 15.5 Å². The van der Waals surface area contributed by atoms with E-state index in [2.05, 4.69) is 16.0 Å². The highest BCUT2D eigenvalue weighted by Crippen LogP contribution is 2.32. The minimum Gasteiger partial charge on any atom is -0.350 e. The Balaban J connectivity index is 2.09. The van der Waals surface area contributed by atoms with Crippen molar-refractivity contribution in [1.29, 1.82) is 0 Å². The summed E-state index contributed by atoms with van der Waals surface area (Å²) in [4.78, 5) is 36.8. The zero-order chi connectivity index (χ0) is 20.0. The second kappa shape index (κ2) is 8.98. The number of benzene rings is 1. The average Bonchev–Trinajstić information content (AvgIpc) is 2.99. The minimum atomic E-state index is -4.66. The van der Waals surface area contributed by atoms with E-state index in [1.807, 2.05) is 0 Å². The molecular weight excluding hydrogens is 385 g/mol. The van der Waals surface area contributed by atoms with Crippen LogP contribution in [0, 0.1) is 0 Å². The molecule has 27 heavy (non-hydrogen) atoms. The van der Waals surface area contributed by atoms with Crippen LogP contribution in [-0.2, 0) is 11.0 Å². The van der Waals surface area contributed by atoms with Gasteiger partial charge in [-0.2, -0.15) is 24.9 Å².